The number of rotatable bonds is 1. The molecule has 0 saturated heterocycles. The highest BCUT2D eigenvalue weighted by molar-refractivity contribution is 7.86. The molecule has 16 heavy (non-hydrogen) atoms. The largest absolute Gasteiger partial charge is 0.398 e. The van der Waals surface area contributed by atoms with Gasteiger partial charge in [-0.3, -0.25) is 4.55 Å². The fourth-order valence-corrected chi connectivity index (χ4v) is 2.46. The first kappa shape index (κ1) is 10.9. The van der Waals surface area contributed by atoms with Crippen molar-refractivity contribution in [3.63, 3.8) is 0 Å². The Balaban J connectivity index is 2.98. The fraction of sp³-hybridized carbons (Fsp3) is 0.0909. The van der Waals surface area contributed by atoms with Crippen molar-refractivity contribution in [1.82, 2.24) is 0 Å². The third-order valence-corrected chi connectivity index (χ3v) is 3.32. The van der Waals surface area contributed by atoms with Crippen LogP contribution in [0.25, 0.3) is 10.8 Å². The van der Waals surface area contributed by atoms with Gasteiger partial charge in [0.15, 0.2) is 0 Å². The van der Waals surface area contributed by atoms with Crippen molar-refractivity contribution in [3.8, 4) is 0 Å². The first-order chi connectivity index (χ1) is 7.39. The zero-order chi connectivity index (χ0) is 11.9. The number of hydrogen-bond acceptors (Lipinski definition) is 3. The minimum Gasteiger partial charge on any atom is -0.398 e. The first-order valence-electron chi connectivity index (χ1n) is 4.66. The highest BCUT2D eigenvalue weighted by atomic mass is 32.2. The van der Waals surface area contributed by atoms with E-state index in [0.29, 0.717) is 16.5 Å². The lowest BCUT2D eigenvalue weighted by molar-refractivity contribution is 0.484. The smallest absolute Gasteiger partial charge is 0.295 e. The van der Waals surface area contributed by atoms with Gasteiger partial charge in [0.1, 0.15) is 4.90 Å². The number of nitrogens with two attached hydrogens (primary N) is 1. The minimum absolute atomic E-state index is 0.111. The lowest BCUT2D eigenvalue weighted by atomic mass is 10.1. The van der Waals surface area contributed by atoms with Crippen LogP contribution in [0.3, 0.4) is 0 Å². The second kappa shape index (κ2) is 3.47. The molecule has 0 amide bonds. The molecule has 2 aromatic carbocycles. The first-order valence-corrected chi connectivity index (χ1v) is 6.10. The van der Waals surface area contributed by atoms with E-state index in [4.69, 9.17) is 10.3 Å². The average molecular weight is 237 g/mol. The second-order valence-corrected chi connectivity index (χ2v) is 5.07. The highest BCUT2D eigenvalue weighted by Crippen LogP contribution is 2.28. The molecule has 0 aliphatic rings. The van der Waals surface area contributed by atoms with Crippen LogP contribution < -0.4 is 5.73 Å². The molecule has 4 nitrogen and oxygen atoms in total. The van der Waals surface area contributed by atoms with Gasteiger partial charge >= 0.3 is 0 Å². The van der Waals surface area contributed by atoms with E-state index < -0.39 is 10.1 Å². The van der Waals surface area contributed by atoms with Crippen molar-refractivity contribution in [2.24, 2.45) is 0 Å². The Hall–Kier alpha value is -1.59. The Morgan fingerprint density at radius 1 is 1.19 bits per heavy atom. The van der Waals surface area contributed by atoms with Crippen LogP contribution in [0, 0.1) is 6.92 Å². The van der Waals surface area contributed by atoms with Gasteiger partial charge in [0.25, 0.3) is 10.1 Å². The van der Waals surface area contributed by atoms with Crippen molar-refractivity contribution >= 4 is 26.6 Å². The molecular weight excluding hydrogens is 226 g/mol. The summed E-state index contributed by atoms with van der Waals surface area (Å²) in [5.74, 6) is 0. The molecule has 0 aromatic heterocycles. The molecule has 2 aromatic rings. The summed E-state index contributed by atoms with van der Waals surface area (Å²) in [5, 5.41) is 1.07. The van der Waals surface area contributed by atoms with Crippen molar-refractivity contribution in [2.45, 2.75) is 11.8 Å². The molecule has 0 unspecified atom stereocenters. The van der Waals surface area contributed by atoms with Gasteiger partial charge in [-0.05, 0) is 30.7 Å². The van der Waals surface area contributed by atoms with E-state index in [0.717, 1.165) is 5.56 Å². The van der Waals surface area contributed by atoms with Gasteiger partial charge in [0.05, 0.1) is 0 Å². The maximum atomic E-state index is 11.2. The number of fused-ring (bicyclic) bond motifs is 1. The summed E-state index contributed by atoms with van der Waals surface area (Å²) >= 11 is 0. The van der Waals surface area contributed by atoms with Crippen molar-refractivity contribution in [3.05, 3.63) is 35.9 Å². The van der Waals surface area contributed by atoms with E-state index in [9.17, 15) is 8.42 Å². The quantitative estimate of drug-likeness (QED) is 0.587. The van der Waals surface area contributed by atoms with Gasteiger partial charge in [0.2, 0.25) is 0 Å². The lowest BCUT2D eigenvalue weighted by Crippen LogP contribution is -2.00. The van der Waals surface area contributed by atoms with E-state index in [1.165, 1.54) is 6.07 Å². The van der Waals surface area contributed by atoms with Gasteiger partial charge in [-0.15, -0.1) is 0 Å². The van der Waals surface area contributed by atoms with Gasteiger partial charge < -0.3 is 5.73 Å². The van der Waals surface area contributed by atoms with Crippen LogP contribution in [0.15, 0.2) is 35.2 Å². The minimum atomic E-state index is -4.22. The Morgan fingerprint density at radius 2 is 1.88 bits per heavy atom. The Bertz CT molecular complexity index is 662. The summed E-state index contributed by atoms with van der Waals surface area (Å²) in [6.07, 6.45) is 0. The van der Waals surface area contributed by atoms with Crippen molar-refractivity contribution in [2.75, 3.05) is 5.73 Å². The number of nitrogen functional groups attached to an aromatic ring is 1. The molecular formula is C11H11NO3S. The molecule has 0 atom stereocenters. The summed E-state index contributed by atoms with van der Waals surface area (Å²) in [6.45, 7) is 1.82. The summed E-state index contributed by atoms with van der Waals surface area (Å²) < 4.78 is 31.5. The van der Waals surface area contributed by atoms with Gasteiger partial charge in [0, 0.05) is 16.5 Å². The maximum Gasteiger partial charge on any atom is 0.295 e. The normalized spacial score (nSPS) is 11.9. The standard InChI is InChI=1S/C11H11NO3S/c1-7-5-9-8(10(12)6-7)3-2-4-11(9)16(13,14)15/h2-6H,12H2,1H3,(H,13,14,15). The molecule has 0 saturated carbocycles. The zero-order valence-corrected chi connectivity index (χ0v) is 9.45. The molecule has 0 spiro atoms. The Labute approximate surface area is 93.4 Å². The number of anilines is 1. The molecule has 0 aliphatic carbocycles. The Morgan fingerprint density at radius 3 is 2.50 bits per heavy atom. The number of aryl methyl sites for hydroxylation is 1. The molecule has 0 radical (unpaired) electrons. The second-order valence-electron chi connectivity index (χ2n) is 3.68. The van der Waals surface area contributed by atoms with Gasteiger partial charge in [-0.2, -0.15) is 8.42 Å². The molecule has 3 N–H and O–H groups in total. The average Bonchev–Trinajstić information content (AvgIpc) is 2.15. The van der Waals surface area contributed by atoms with E-state index in [2.05, 4.69) is 0 Å². The van der Waals surface area contributed by atoms with Crippen molar-refractivity contribution in [1.29, 1.82) is 0 Å². The molecule has 0 bridgehead atoms. The molecule has 0 aliphatic heterocycles. The highest BCUT2D eigenvalue weighted by Gasteiger charge is 2.14. The van der Waals surface area contributed by atoms with Gasteiger partial charge in [-0.1, -0.05) is 12.1 Å². The SMILES string of the molecule is Cc1cc(N)c2cccc(S(=O)(=O)O)c2c1. The van der Waals surface area contributed by atoms with Crippen LogP contribution in [-0.2, 0) is 10.1 Å². The Kier molecular flexibility index (Phi) is 2.36. The van der Waals surface area contributed by atoms with Crippen LogP contribution in [0.5, 0.6) is 0 Å². The fourth-order valence-electron chi connectivity index (χ4n) is 1.76. The summed E-state index contributed by atoms with van der Waals surface area (Å²) in [6, 6.07) is 8.08. The predicted molar refractivity (Wildman–Crippen MR) is 62.9 cm³/mol. The van der Waals surface area contributed by atoms with E-state index in [-0.39, 0.29) is 4.90 Å². The lowest BCUT2D eigenvalue weighted by Gasteiger charge is -2.07. The number of benzene rings is 2. The summed E-state index contributed by atoms with van der Waals surface area (Å²) in [4.78, 5) is -0.111. The third kappa shape index (κ3) is 1.75. The van der Waals surface area contributed by atoms with E-state index in [1.807, 2.05) is 6.92 Å². The van der Waals surface area contributed by atoms with Crippen LogP contribution >= 0.6 is 0 Å². The van der Waals surface area contributed by atoms with Crippen LogP contribution in [0.4, 0.5) is 5.69 Å². The summed E-state index contributed by atoms with van der Waals surface area (Å²) in [5.41, 5.74) is 7.14. The summed E-state index contributed by atoms with van der Waals surface area (Å²) in [7, 11) is -4.22. The molecule has 0 fully saturated rings. The number of hydrogen-bond donors (Lipinski definition) is 2. The molecule has 5 heteroatoms. The third-order valence-electron chi connectivity index (χ3n) is 2.41. The van der Waals surface area contributed by atoms with Crippen LogP contribution in [-0.4, -0.2) is 13.0 Å². The predicted octanol–water partition coefficient (Wildman–Crippen LogP) is 1.98. The zero-order valence-electron chi connectivity index (χ0n) is 8.64. The van der Waals surface area contributed by atoms with E-state index in [1.54, 1.807) is 24.3 Å². The molecule has 2 rings (SSSR count). The molecule has 84 valence electrons. The maximum absolute atomic E-state index is 11.2. The van der Waals surface area contributed by atoms with Crippen molar-refractivity contribution < 1.29 is 13.0 Å². The van der Waals surface area contributed by atoms with E-state index >= 15 is 0 Å². The van der Waals surface area contributed by atoms with Crippen LogP contribution in [0.2, 0.25) is 0 Å². The topological polar surface area (TPSA) is 80.4 Å². The molecule has 0 heterocycles. The van der Waals surface area contributed by atoms with Crippen LogP contribution in [0.1, 0.15) is 5.56 Å². The monoisotopic (exact) mass is 237 g/mol. The van der Waals surface area contributed by atoms with Gasteiger partial charge in [-0.25, -0.2) is 0 Å².